The Morgan fingerprint density at radius 1 is 1.26 bits per heavy atom. The molecule has 3 N–H and O–H groups in total. The molecule has 23 heavy (non-hydrogen) atoms. The largest absolute Gasteiger partial charge is 0.348 e. The predicted molar refractivity (Wildman–Crippen MR) is 86.2 cm³/mol. The molecule has 2 aromatic rings. The van der Waals surface area contributed by atoms with Crippen LogP contribution in [0.2, 0.25) is 0 Å². The summed E-state index contributed by atoms with van der Waals surface area (Å²) in [5, 5.41) is 9.22. The second kappa shape index (κ2) is 6.93. The molecule has 2 rings (SSSR count). The highest BCUT2D eigenvalue weighted by molar-refractivity contribution is 7.89. The molecule has 7 nitrogen and oxygen atoms in total. The van der Waals surface area contributed by atoms with E-state index < -0.39 is 15.9 Å². The number of aromatic nitrogens is 2. The van der Waals surface area contributed by atoms with Crippen LogP contribution in [0.4, 0.5) is 0 Å². The Labute approximate surface area is 135 Å². The summed E-state index contributed by atoms with van der Waals surface area (Å²) < 4.78 is 26.8. The van der Waals surface area contributed by atoms with Gasteiger partial charge in [0.2, 0.25) is 15.9 Å². The van der Waals surface area contributed by atoms with Crippen LogP contribution in [-0.2, 0) is 14.8 Å². The van der Waals surface area contributed by atoms with E-state index in [4.69, 9.17) is 0 Å². The molecule has 0 saturated heterocycles. The number of aryl methyl sites for hydroxylation is 2. The summed E-state index contributed by atoms with van der Waals surface area (Å²) in [5.74, 6) is -0.399. The number of carbonyl (C=O) groups excluding carboxylic acids is 1. The third-order valence-corrected chi connectivity index (χ3v) is 5.09. The summed E-state index contributed by atoms with van der Waals surface area (Å²) in [6.07, 6.45) is 0. The van der Waals surface area contributed by atoms with Gasteiger partial charge in [-0.05, 0) is 26.3 Å². The smallest absolute Gasteiger partial charge is 0.244 e. The average Bonchev–Trinajstić information content (AvgIpc) is 2.86. The normalized spacial score (nSPS) is 12.8. The molecule has 0 fully saturated rings. The molecular weight excluding hydrogens is 316 g/mol. The molecular formula is C15H20N4O3S. The first-order valence-corrected chi connectivity index (χ1v) is 8.65. The Balaban J connectivity index is 1.97. The lowest BCUT2D eigenvalue weighted by Gasteiger charge is -2.14. The molecule has 0 aliphatic carbocycles. The maximum absolute atomic E-state index is 12.2. The van der Waals surface area contributed by atoms with E-state index in [2.05, 4.69) is 20.2 Å². The van der Waals surface area contributed by atoms with Crippen molar-refractivity contribution >= 4 is 15.9 Å². The van der Waals surface area contributed by atoms with Crippen LogP contribution in [0.5, 0.6) is 0 Å². The summed E-state index contributed by atoms with van der Waals surface area (Å²) >= 11 is 0. The fourth-order valence-electron chi connectivity index (χ4n) is 2.29. The topological polar surface area (TPSA) is 104 Å². The minimum absolute atomic E-state index is 0.0846. The number of rotatable bonds is 6. The van der Waals surface area contributed by atoms with Crippen LogP contribution in [0.25, 0.3) is 0 Å². The van der Waals surface area contributed by atoms with E-state index in [-0.39, 0.29) is 17.5 Å². The molecule has 1 atom stereocenters. The lowest BCUT2D eigenvalue weighted by Crippen LogP contribution is -2.38. The van der Waals surface area contributed by atoms with Crippen molar-refractivity contribution < 1.29 is 13.2 Å². The first-order chi connectivity index (χ1) is 10.8. The molecule has 0 aliphatic rings. The zero-order valence-electron chi connectivity index (χ0n) is 13.3. The second-order valence-electron chi connectivity index (χ2n) is 5.29. The van der Waals surface area contributed by atoms with Crippen LogP contribution in [0.1, 0.15) is 29.9 Å². The fraction of sp³-hybridized carbons (Fsp3) is 0.333. The molecule has 8 heteroatoms. The Morgan fingerprint density at radius 3 is 2.48 bits per heavy atom. The van der Waals surface area contributed by atoms with Crippen LogP contribution in [0.3, 0.4) is 0 Å². The summed E-state index contributed by atoms with van der Waals surface area (Å²) in [5.41, 5.74) is 1.76. The van der Waals surface area contributed by atoms with Gasteiger partial charge in [-0.2, -0.15) is 5.10 Å². The van der Waals surface area contributed by atoms with Gasteiger partial charge in [0.05, 0.1) is 24.0 Å². The summed E-state index contributed by atoms with van der Waals surface area (Å²) in [6.45, 7) is 4.72. The van der Waals surface area contributed by atoms with Crippen molar-refractivity contribution in [3.8, 4) is 0 Å². The van der Waals surface area contributed by atoms with Gasteiger partial charge in [0.1, 0.15) is 4.90 Å². The standard InChI is InChI=1S/C15H20N4O3S/c1-10(13-7-5-4-6-8-13)17-14(20)9-16-23(21,22)15-11(2)18-19-12(15)3/h4-8,10,16H,9H2,1-3H3,(H,17,20)(H,18,19). The monoisotopic (exact) mass is 336 g/mol. The Kier molecular flexibility index (Phi) is 5.17. The molecule has 0 radical (unpaired) electrons. The summed E-state index contributed by atoms with van der Waals surface area (Å²) in [6, 6.07) is 9.24. The first-order valence-electron chi connectivity index (χ1n) is 7.17. The van der Waals surface area contributed by atoms with Crippen LogP contribution < -0.4 is 10.0 Å². The van der Waals surface area contributed by atoms with E-state index >= 15 is 0 Å². The Bertz CT molecular complexity index is 765. The van der Waals surface area contributed by atoms with Gasteiger partial charge in [-0.15, -0.1) is 0 Å². The number of benzene rings is 1. The lowest BCUT2D eigenvalue weighted by atomic mass is 10.1. The van der Waals surface area contributed by atoms with Crippen LogP contribution in [0.15, 0.2) is 35.2 Å². The second-order valence-corrected chi connectivity index (χ2v) is 6.99. The number of aromatic amines is 1. The number of H-pyrrole nitrogens is 1. The number of amides is 1. The molecule has 124 valence electrons. The van der Waals surface area contributed by atoms with Crippen molar-refractivity contribution in [1.82, 2.24) is 20.2 Å². The highest BCUT2D eigenvalue weighted by Crippen LogP contribution is 2.16. The number of nitrogens with zero attached hydrogens (tertiary/aromatic N) is 1. The summed E-state index contributed by atoms with van der Waals surface area (Å²) in [4.78, 5) is 12.0. The Morgan fingerprint density at radius 2 is 1.91 bits per heavy atom. The third-order valence-electron chi connectivity index (χ3n) is 3.43. The van der Waals surface area contributed by atoms with Gasteiger partial charge in [-0.1, -0.05) is 30.3 Å². The van der Waals surface area contributed by atoms with Crippen molar-refractivity contribution in [2.45, 2.75) is 31.7 Å². The van der Waals surface area contributed by atoms with Crippen molar-refractivity contribution in [1.29, 1.82) is 0 Å². The lowest BCUT2D eigenvalue weighted by molar-refractivity contribution is -0.120. The number of hydrogen-bond donors (Lipinski definition) is 3. The molecule has 0 bridgehead atoms. The molecule has 1 aromatic carbocycles. The molecule has 1 amide bonds. The molecule has 0 saturated carbocycles. The van der Waals surface area contributed by atoms with E-state index in [1.807, 2.05) is 37.3 Å². The van der Waals surface area contributed by atoms with Crippen molar-refractivity contribution in [2.24, 2.45) is 0 Å². The molecule has 1 unspecified atom stereocenters. The maximum atomic E-state index is 12.2. The molecule has 0 spiro atoms. The molecule has 0 aliphatic heterocycles. The number of carbonyl (C=O) groups is 1. The van der Waals surface area contributed by atoms with Gasteiger partial charge in [-0.3, -0.25) is 9.89 Å². The number of hydrogen-bond acceptors (Lipinski definition) is 4. The quantitative estimate of drug-likeness (QED) is 0.737. The van der Waals surface area contributed by atoms with E-state index in [1.54, 1.807) is 13.8 Å². The van der Waals surface area contributed by atoms with E-state index in [0.717, 1.165) is 5.56 Å². The Hall–Kier alpha value is -2.19. The number of nitrogens with one attached hydrogen (secondary N) is 3. The zero-order valence-corrected chi connectivity index (χ0v) is 14.1. The number of sulfonamides is 1. The van der Waals surface area contributed by atoms with Crippen molar-refractivity contribution in [3.63, 3.8) is 0 Å². The van der Waals surface area contributed by atoms with Crippen molar-refractivity contribution in [3.05, 3.63) is 47.3 Å². The minimum Gasteiger partial charge on any atom is -0.348 e. The average molecular weight is 336 g/mol. The SMILES string of the molecule is Cc1n[nH]c(C)c1S(=O)(=O)NCC(=O)NC(C)c1ccccc1. The zero-order chi connectivity index (χ0) is 17.0. The molecule has 1 heterocycles. The highest BCUT2D eigenvalue weighted by atomic mass is 32.2. The van der Waals surface area contributed by atoms with Crippen LogP contribution in [0, 0.1) is 13.8 Å². The predicted octanol–water partition coefficient (Wildman–Crippen LogP) is 1.18. The summed E-state index contributed by atoms with van der Waals surface area (Å²) in [7, 11) is -3.78. The van der Waals surface area contributed by atoms with Gasteiger partial charge in [-0.25, -0.2) is 13.1 Å². The third kappa shape index (κ3) is 4.17. The minimum atomic E-state index is -3.78. The maximum Gasteiger partial charge on any atom is 0.244 e. The highest BCUT2D eigenvalue weighted by Gasteiger charge is 2.23. The van der Waals surface area contributed by atoms with E-state index in [0.29, 0.717) is 11.4 Å². The molecule has 1 aromatic heterocycles. The van der Waals surface area contributed by atoms with Gasteiger partial charge in [0.25, 0.3) is 0 Å². The van der Waals surface area contributed by atoms with Gasteiger partial charge >= 0.3 is 0 Å². The van der Waals surface area contributed by atoms with Crippen LogP contribution in [-0.4, -0.2) is 31.1 Å². The van der Waals surface area contributed by atoms with Gasteiger partial charge in [0, 0.05) is 0 Å². The van der Waals surface area contributed by atoms with Crippen molar-refractivity contribution in [2.75, 3.05) is 6.54 Å². The van der Waals surface area contributed by atoms with Crippen LogP contribution >= 0.6 is 0 Å². The fourth-order valence-corrected chi connectivity index (χ4v) is 3.64. The van der Waals surface area contributed by atoms with E-state index in [1.165, 1.54) is 0 Å². The van der Waals surface area contributed by atoms with Gasteiger partial charge in [0.15, 0.2) is 0 Å². The first kappa shape index (κ1) is 17.2. The van der Waals surface area contributed by atoms with E-state index in [9.17, 15) is 13.2 Å². The van der Waals surface area contributed by atoms with Gasteiger partial charge < -0.3 is 5.32 Å².